The smallest absolute Gasteiger partial charge is 0.326 e. The van der Waals surface area contributed by atoms with E-state index in [1.165, 1.54) is 4.90 Å². The Morgan fingerprint density at radius 1 is 1.21 bits per heavy atom. The Kier molecular flexibility index (Phi) is 4.63. The van der Waals surface area contributed by atoms with E-state index in [1.54, 1.807) is 0 Å². The summed E-state index contributed by atoms with van der Waals surface area (Å²) in [6, 6.07) is -0.860. The third kappa shape index (κ3) is 3.59. The van der Waals surface area contributed by atoms with Gasteiger partial charge in [0.05, 0.1) is 0 Å². The Bertz CT molecular complexity index is 340. The summed E-state index contributed by atoms with van der Waals surface area (Å²) in [5.41, 5.74) is 0. The molecule has 2 aliphatic heterocycles. The van der Waals surface area contributed by atoms with Crippen LogP contribution in [0.25, 0.3) is 0 Å². The maximum absolute atomic E-state index is 12.0. The van der Waals surface area contributed by atoms with Crippen molar-refractivity contribution in [3.8, 4) is 0 Å². The van der Waals surface area contributed by atoms with Crippen LogP contribution in [-0.2, 0) is 4.79 Å². The first kappa shape index (κ1) is 14.1. The van der Waals surface area contributed by atoms with Gasteiger partial charge < -0.3 is 20.2 Å². The SMILES string of the molecule is CN1CCC(CNC(=O)N2CCCC2C(=O)O)CC1. The van der Waals surface area contributed by atoms with E-state index in [4.69, 9.17) is 5.11 Å². The van der Waals surface area contributed by atoms with Gasteiger partial charge in [0.2, 0.25) is 0 Å². The van der Waals surface area contributed by atoms with E-state index in [2.05, 4.69) is 17.3 Å². The van der Waals surface area contributed by atoms with Crippen LogP contribution in [0.15, 0.2) is 0 Å². The Hall–Kier alpha value is -1.30. The summed E-state index contributed by atoms with van der Waals surface area (Å²) in [6.45, 7) is 3.36. The summed E-state index contributed by atoms with van der Waals surface area (Å²) in [4.78, 5) is 26.8. The molecule has 1 unspecified atom stereocenters. The van der Waals surface area contributed by atoms with Crippen molar-refractivity contribution in [2.75, 3.05) is 33.2 Å². The van der Waals surface area contributed by atoms with Crippen molar-refractivity contribution in [2.24, 2.45) is 5.92 Å². The average Bonchev–Trinajstić information content (AvgIpc) is 2.87. The van der Waals surface area contributed by atoms with Crippen molar-refractivity contribution in [1.29, 1.82) is 0 Å². The molecule has 2 N–H and O–H groups in total. The van der Waals surface area contributed by atoms with Crippen molar-refractivity contribution in [1.82, 2.24) is 15.1 Å². The number of rotatable bonds is 3. The second-order valence-electron chi connectivity index (χ2n) is 5.62. The molecule has 19 heavy (non-hydrogen) atoms. The molecule has 0 aromatic heterocycles. The van der Waals surface area contributed by atoms with E-state index < -0.39 is 12.0 Å². The molecule has 2 fully saturated rings. The zero-order valence-corrected chi connectivity index (χ0v) is 11.5. The average molecular weight is 269 g/mol. The molecular weight excluding hydrogens is 246 g/mol. The molecule has 0 aliphatic carbocycles. The van der Waals surface area contributed by atoms with Crippen molar-refractivity contribution in [2.45, 2.75) is 31.7 Å². The largest absolute Gasteiger partial charge is 0.480 e. The van der Waals surface area contributed by atoms with Crippen molar-refractivity contribution < 1.29 is 14.7 Å². The summed E-state index contributed by atoms with van der Waals surface area (Å²) < 4.78 is 0. The Labute approximate surface area is 113 Å². The summed E-state index contributed by atoms with van der Waals surface area (Å²) in [5.74, 6) is -0.377. The minimum absolute atomic E-state index is 0.219. The molecule has 2 heterocycles. The second-order valence-corrected chi connectivity index (χ2v) is 5.62. The van der Waals surface area contributed by atoms with Crippen LogP contribution in [0, 0.1) is 5.92 Å². The number of carboxylic acid groups (broad SMARTS) is 1. The van der Waals surface area contributed by atoms with Gasteiger partial charge in [-0.05, 0) is 51.7 Å². The quantitative estimate of drug-likeness (QED) is 0.786. The van der Waals surface area contributed by atoms with Gasteiger partial charge in [0, 0.05) is 13.1 Å². The first-order valence-electron chi connectivity index (χ1n) is 7.03. The first-order valence-corrected chi connectivity index (χ1v) is 7.03. The molecule has 0 bridgehead atoms. The summed E-state index contributed by atoms with van der Waals surface area (Å²) >= 11 is 0. The molecule has 1 atom stereocenters. The van der Waals surface area contributed by atoms with Gasteiger partial charge in [-0.2, -0.15) is 0 Å². The molecule has 6 heteroatoms. The third-order valence-electron chi connectivity index (χ3n) is 4.18. The van der Waals surface area contributed by atoms with Gasteiger partial charge in [-0.1, -0.05) is 0 Å². The highest BCUT2D eigenvalue weighted by Crippen LogP contribution is 2.18. The van der Waals surface area contributed by atoms with Crippen LogP contribution in [0.4, 0.5) is 4.79 Å². The lowest BCUT2D eigenvalue weighted by molar-refractivity contribution is -0.141. The summed E-state index contributed by atoms with van der Waals surface area (Å²) in [6.07, 6.45) is 3.54. The molecule has 0 spiro atoms. The number of amides is 2. The first-order chi connectivity index (χ1) is 9.08. The Balaban J connectivity index is 1.76. The number of carbonyl (C=O) groups excluding carboxylic acids is 1. The zero-order chi connectivity index (χ0) is 13.8. The van der Waals surface area contributed by atoms with Crippen molar-refractivity contribution >= 4 is 12.0 Å². The maximum atomic E-state index is 12.0. The second kappa shape index (κ2) is 6.23. The molecule has 0 aromatic rings. The van der Waals surface area contributed by atoms with Crippen LogP contribution in [0.5, 0.6) is 0 Å². The fourth-order valence-corrected chi connectivity index (χ4v) is 2.87. The molecular formula is C13H23N3O3. The molecule has 2 saturated heterocycles. The number of hydrogen-bond acceptors (Lipinski definition) is 3. The number of carbonyl (C=O) groups is 2. The molecule has 6 nitrogen and oxygen atoms in total. The number of hydrogen-bond donors (Lipinski definition) is 2. The highest BCUT2D eigenvalue weighted by atomic mass is 16.4. The lowest BCUT2D eigenvalue weighted by Crippen LogP contribution is -2.47. The molecule has 0 aromatic carbocycles. The van der Waals surface area contributed by atoms with E-state index in [0.717, 1.165) is 32.4 Å². The van der Waals surface area contributed by atoms with E-state index in [-0.39, 0.29) is 6.03 Å². The number of nitrogens with zero attached hydrogens (tertiary/aromatic N) is 2. The molecule has 2 rings (SSSR count). The van der Waals surface area contributed by atoms with E-state index in [9.17, 15) is 9.59 Å². The van der Waals surface area contributed by atoms with Gasteiger partial charge in [0.1, 0.15) is 6.04 Å². The monoisotopic (exact) mass is 269 g/mol. The van der Waals surface area contributed by atoms with Gasteiger partial charge in [-0.25, -0.2) is 9.59 Å². The molecule has 0 saturated carbocycles. The van der Waals surface area contributed by atoms with Gasteiger partial charge in [-0.15, -0.1) is 0 Å². The van der Waals surface area contributed by atoms with Crippen molar-refractivity contribution in [3.63, 3.8) is 0 Å². The number of nitrogens with one attached hydrogen (secondary N) is 1. The van der Waals surface area contributed by atoms with Gasteiger partial charge in [-0.3, -0.25) is 0 Å². The fraction of sp³-hybridized carbons (Fsp3) is 0.846. The van der Waals surface area contributed by atoms with E-state index in [0.29, 0.717) is 25.4 Å². The van der Waals surface area contributed by atoms with Crippen LogP contribution in [0.1, 0.15) is 25.7 Å². The van der Waals surface area contributed by atoms with Gasteiger partial charge in [0.25, 0.3) is 0 Å². The number of likely N-dealkylation sites (tertiary alicyclic amines) is 2. The zero-order valence-electron chi connectivity index (χ0n) is 11.5. The van der Waals surface area contributed by atoms with E-state index >= 15 is 0 Å². The maximum Gasteiger partial charge on any atom is 0.326 e. The predicted octanol–water partition coefficient (Wildman–Crippen LogP) is 0.587. The van der Waals surface area contributed by atoms with Crippen LogP contribution >= 0.6 is 0 Å². The van der Waals surface area contributed by atoms with Crippen LogP contribution < -0.4 is 5.32 Å². The molecule has 2 amide bonds. The number of urea groups is 1. The highest BCUT2D eigenvalue weighted by molar-refractivity contribution is 5.83. The van der Waals surface area contributed by atoms with E-state index in [1.807, 2.05) is 0 Å². The topological polar surface area (TPSA) is 72.9 Å². The summed E-state index contributed by atoms with van der Waals surface area (Å²) in [5, 5.41) is 12.0. The standard InChI is InChI=1S/C13H23N3O3/c1-15-7-4-10(5-8-15)9-14-13(19)16-6-2-3-11(16)12(17)18/h10-11H,2-9H2,1H3,(H,14,19)(H,17,18). The van der Waals surface area contributed by atoms with Crippen LogP contribution in [-0.4, -0.2) is 66.2 Å². The Morgan fingerprint density at radius 3 is 2.53 bits per heavy atom. The third-order valence-corrected chi connectivity index (χ3v) is 4.18. The van der Waals surface area contributed by atoms with Crippen molar-refractivity contribution in [3.05, 3.63) is 0 Å². The van der Waals surface area contributed by atoms with Gasteiger partial charge in [0.15, 0.2) is 0 Å². The lowest BCUT2D eigenvalue weighted by Gasteiger charge is -2.30. The normalized spacial score (nSPS) is 25.5. The van der Waals surface area contributed by atoms with Crippen LogP contribution in [0.2, 0.25) is 0 Å². The fourth-order valence-electron chi connectivity index (χ4n) is 2.87. The highest BCUT2D eigenvalue weighted by Gasteiger charge is 2.34. The molecule has 0 radical (unpaired) electrons. The molecule has 2 aliphatic rings. The van der Waals surface area contributed by atoms with Crippen LogP contribution in [0.3, 0.4) is 0 Å². The number of aliphatic carboxylic acids is 1. The minimum Gasteiger partial charge on any atom is -0.480 e. The predicted molar refractivity (Wildman–Crippen MR) is 71.0 cm³/mol. The molecule has 108 valence electrons. The Morgan fingerprint density at radius 2 is 1.89 bits per heavy atom. The lowest BCUT2D eigenvalue weighted by atomic mass is 9.97. The minimum atomic E-state index is -0.896. The number of carboxylic acids is 1. The number of piperidine rings is 1. The van der Waals surface area contributed by atoms with Gasteiger partial charge >= 0.3 is 12.0 Å². The summed E-state index contributed by atoms with van der Waals surface area (Å²) in [7, 11) is 2.11.